The highest BCUT2D eigenvalue weighted by Gasteiger charge is 2.48. The molecule has 0 aromatic carbocycles. The monoisotopic (exact) mass is 670 g/mol. The lowest BCUT2D eigenvalue weighted by molar-refractivity contribution is -0.231. The predicted molar refractivity (Wildman–Crippen MR) is 192 cm³/mol. The van der Waals surface area contributed by atoms with Gasteiger partial charge in [0.1, 0.15) is 24.4 Å². The largest absolute Gasteiger partial charge is 0.394 e. The minimum Gasteiger partial charge on any atom is -0.394 e. The van der Waals surface area contributed by atoms with Crippen LogP contribution in [0.15, 0.2) is 0 Å². The first-order valence-electron chi connectivity index (χ1n) is 19.7. The number of nitrogens with one attached hydrogen (secondary N) is 1. The van der Waals surface area contributed by atoms with Gasteiger partial charge in [-0.15, -0.1) is 0 Å². The van der Waals surface area contributed by atoms with Crippen molar-refractivity contribution in [3.63, 3.8) is 0 Å². The lowest BCUT2D eigenvalue weighted by Crippen LogP contribution is -2.69. The maximum atomic E-state index is 13.8. The number of carbonyl (C=O) groups is 2. The van der Waals surface area contributed by atoms with Crippen LogP contribution in [0.5, 0.6) is 0 Å². The molecule has 0 aromatic heterocycles. The fourth-order valence-corrected chi connectivity index (χ4v) is 6.65. The molecule has 1 fully saturated rings. The van der Waals surface area contributed by atoms with E-state index in [0.717, 1.165) is 38.5 Å². The summed E-state index contributed by atoms with van der Waals surface area (Å²) in [4.78, 5) is 28.5. The fraction of sp³-hybridized carbons (Fsp3) is 0.947. The number of carbonyl (C=O) groups excluding carboxylic acids is 2. The molecule has 0 aromatic rings. The van der Waals surface area contributed by atoms with Crippen molar-refractivity contribution >= 4 is 11.8 Å². The number of aliphatic hydroxyl groups excluding tert-OH is 3. The molecule has 9 nitrogen and oxygen atoms in total. The van der Waals surface area contributed by atoms with E-state index >= 15 is 0 Å². The zero-order valence-corrected chi connectivity index (χ0v) is 30.8. The van der Waals surface area contributed by atoms with Crippen molar-refractivity contribution in [3.8, 4) is 0 Å². The third kappa shape index (κ3) is 18.9. The molecule has 9 heteroatoms. The normalized spacial score (nSPS) is 22.0. The van der Waals surface area contributed by atoms with Crippen molar-refractivity contribution in [3.05, 3.63) is 0 Å². The van der Waals surface area contributed by atoms with Crippen molar-refractivity contribution in [1.82, 2.24) is 10.2 Å². The van der Waals surface area contributed by atoms with Crippen LogP contribution < -0.4 is 11.1 Å². The zero-order chi connectivity index (χ0) is 34.9. The maximum Gasteiger partial charge on any atom is 0.237 e. The lowest BCUT2D eigenvalue weighted by Gasteiger charge is -2.47. The number of ether oxygens (including phenoxy) is 1. The van der Waals surface area contributed by atoms with Gasteiger partial charge in [-0.25, -0.2) is 0 Å². The molecule has 0 spiro atoms. The van der Waals surface area contributed by atoms with Crippen molar-refractivity contribution in [2.24, 2.45) is 11.7 Å². The van der Waals surface area contributed by atoms with E-state index in [1.165, 1.54) is 96.3 Å². The Morgan fingerprint density at radius 3 is 1.62 bits per heavy atom. The van der Waals surface area contributed by atoms with Gasteiger partial charge in [0, 0.05) is 13.0 Å². The molecule has 0 bridgehead atoms. The Morgan fingerprint density at radius 1 is 0.723 bits per heavy atom. The number of rotatable bonds is 29. The first-order valence-corrected chi connectivity index (χ1v) is 19.7. The van der Waals surface area contributed by atoms with Crippen LogP contribution >= 0.6 is 0 Å². The molecule has 1 heterocycles. The molecule has 47 heavy (non-hydrogen) atoms. The van der Waals surface area contributed by atoms with Crippen LogP contribution in [0.4, 0.5) is 0 Å². The van der Waals surface area contributed by atoms with Crippen molar-refractivity contribution in [2.75, 3.05) is 13.2 Å². The molecule has 0 radical (unpaired) electrons. The van der Waals surface area contributed by atoms with Crippen LogP contribution in [0, 0.1) is 5.92 Å². The van der Waals surface area contributed by atoms with Gasteiger partial charge in [-0.05, 0) is 25.2 Å². The Hall–Kier alpha value is -1.26. The average Bonchev–Trinajstić information content (AvgIpc) is 3.04. The van der Waals surface area contributed by atoms with E-state index in [1.54, 1.807) is 4.90 Å². The van der Waals surface area contributed by atoms with Gasteiger partial charge in [0.25, 0.3) is 0 Å². The first kappa shape index (κ1) is 43.8. The number of unbranched alkanes of at least 4 members (excludes halogenated alkanes) is 19. The van der Waals surface area contributed by atoms with E-state index in [2.05, 4.69) is 19.2 Å². The third-order valence-corrected chi connectivity index (χ3v) is 9.65. The molecule has 278 valence electrons. The van der Waals surface area contributed by atoms with Gasteiger partial charge in [-0.2, -0.15) is 0 Å². The van der Waals surface area contributed by atoms with Crippen LogP contribution in [-0.4, -0.2) is 81.8 Å². The number of aliphatic hydroxyl groups is 3. The predicted octanol–water partition coefficient (Wildman–Crippen LogP) is 6.73. The highest BCUT2D eigenvalue weighted by molar-refractivity contribution is 5.82. The second kappa shape index (κ2) is 27.5. The number of nitrogens with two attached hydrogens (primary N) is 1. The first-order chi connectivity index (χ1) is 22.7. The Morgan fingerprint density at radius 2 is 1.17 bits per heavy atom. The highest BCUT2D eigenvalue weighted by atomic mass is 16.5. The van der Waals surface area contributed by atoms with Gasteiger partial charge in [-0.3, -0.25) is 9.59 Å². The van der Waals surface area contributed by atoms with Gasteiger partial charge in [0.2, 0.25) is 11.8 Å². The van der Waals surface area contributed by atoms with Gasteiger partial charge in [-0.1, -0.05) is 150 Å². The summed E-state index contributed by atoms with van der Waals surface area (Å²) in [5.41, 5.74) is 6.16. The summed E-state index contributed by atoms with van der Waals surface area (Å²) in [6, 6.07) is -1.86. The summed E-state index contributed by atoms with van der Waals surface area (Å²) in [5, 5.41) is 34.6. The number of nitrogens with zero attached hydrogens (tertiary/aromatic N) is 1. The van der Waals surface area contributed by atoms with Crippen molar-refractivity contribution in [1.29, 1.82) is 0 Å². The SMILES string of the molecule is CCCCCCCCCCCCCCN(C(=O)CCCCCCCCCCC)[C@@H]1O[C@H](CO)[C@H](O)[C@H](O)[C@H]1NC(=O)[C@@H](N)CC(C)C. The Kier molecular flexibility index (Phi) is 25.7. The molecule has 6 N–H and O–H groups in total. The molecule has 6 atom stereocenters. The van der Waals surface area contributed by atoms with Crippen LogP contribution in [-0.2, 0) is 14.3 Å². The minimum absolute atomic E-state index is 0.0907. The summed E-state index contributed by atoms with van der Waals surface area (Å²) in [6.07, 6.45) is 20.7. The Labute approximate surface area is 288 Å². The smallest absolute Gasteiger partial charge is 0.237 e. The molecule has 0 aliphatic carbocycles. The Bertz CT molecular complexity index is 785. The van der Waals surface area contributed by atoms with Gasteiger partial charge >= 0.3 is 0 Å². The molecule has 0 unspecified atom stereocenters. The average molecular weight is 670 g/mol. The minimum atomic E-state index is -1.42. The third-order valence-electron chi connectivity index (χ3n) is 9.65. The standard InChI is InChI=1S/C38H75N3O6/c1-5-7-9-11-13-15-16-17-19-21-23-25-27-41(33(43)26-24-22-20-18-14-12-10-8-6-2)38-34(36(45)35(44)32(29-42)47-38)40-37(46)31(39)28-30(3)4/h30-32,34-36,38,42,44-45H,5-29,39H2,1-4H3,(H,40,46)/t31-,32+,34+,35-,36+,38+/m0/s1. The number of amides is 2. The summed E-state index contributed by atoms with van der Waals surface area (Å²) < 4.78 is 6.11. The van der Waals surface area contributed by atoms with Crippen LogP contribution in [0.2, 0.25) is 0 Å². The van der Waals surface area contributed by atoms with E-state index in [-0.39, 0.29) is 11.8 Å². The topological polar surface area (TPSA) is 145 Å². The van der Waals surface area contributed by atoms with E-state index in [9.17, 15) is 24.9 Å². The zero-order valence-electron chi connectivity index (χ0n) is 30.8. The molecule has 1 aliphatic rings. The second-order valence-electron chi connectivity index (χ2n) is 14.6. The maximum absolute atomic E-state index is 13.8. The van der Waals surface area contributed by atoms with Gasteiger partial charge < -0.3 is 36.0 Å². The molecule has 1 rings (SSSR count). The molecular formula is C38H75N3O6. The molecule has 1 saturated heterocycles. The summed E-state index contributed by atoms with van der Waals surface area (Å²) in [7, 11) is 0. The molecule has 2 amide bonds. The van der Waals surface area contributed by atoms with Crippen LogP contribution in [0.25, 0.3) is 0 Å². The van der Waals surface area contributed by atoms with Gasteiger partial charge in [0.05, 0.1) is 12.6 Å². The van der Waals surface area contributed by atoms with Gasteiger partial charge in [0.15, 0.2) is 6.23 Å². The molecule has 1 aliphatic heterocycles. The summed E-state index contributed by atoms with van der Waals surface area (Å²) >= 11 is 0. The van der Waals surface area contributed by atoms with E-state index in [4.69, 9.17) is 10.5 Å². The number of hydrogen-bond acceptors (Lipinski definition) is 7. The van der Waals surface area contributed by atoms with Crippen molar-refractivity contribution < 1.29 is 29.6 Å². The van der Waals surface area contributed by atoms with E-state index in [0.29, 0.717) is 19.4 Å². The Balaban J connectivity index is 2.84. The second-order valence-corrected chi connectivity index (χ2v) is 14.6. The van der Waals surface area contributed by atoms with E-state index < -0.39 is 49.1 Å². The number of hydrogen-bond donors (Lipinski definition) is 5. The highest BCUT2D eigenvalue weighted by Crippen LogP contribution is 2.26. The molecular weight excluding hydrogens is 594 g/mol. The molecule has 0 saturated carbocycles. The van der Waals surface area contributed by atoms with Crippen molar-refractivity contribution in [2.45, 2.75) is 212 Å². The lowest BCUT2D eigenvalue weighted by atomic mass is 9.94. The summed E-state index contributed by atoms with van der Waals surface area (Å²) in [5.74, 6) is -0.349. The fourth-order valence-electron chi connectivity index (χ4n) is 6.65. The van der Waals surface area contributed by atoms with E-state index in [1.807, 2.05) is 13.8 Å². The van der Waals surface area contributed by atoms with Crippen LogP contribution in [0.1, 0.15) is 175 Å². The summed E-state index contributed by atoms with van der Waals surface area (Å²) in [6.45, 7) is 8.33. The van der Waals surface area contributed by atoms with Crippen LogP contribution in [0.3, 0.4) is 0 Å². The quantitative estimate of drug-likeness (QED) is 0.0555.